The van der Waals surface area contributed by atoms with Crippen molar-refractivity contribution in [1.29, 1.82) is 0 Å². The van der Waals surface area contributed by atoms with Gasteiger partial charge in [-0.15, -0.1) is 11.3 Å². The van der Waals surface area contributed by atoms with E-state index in [-0.39, 0.29) is 23.9 Å². The highest BCUT2D eigenvalue weighted by molar-refractivity contribution is 7.13. The third kappa shape index (κ3) is 6.42. The largest absolute Gasteiger partial charge is 0.486 e. The SMILES string of the molecule is CCOC(=O)c1sc(C(C)NC(=NC)NCC(C)Oc2ccccc2F)nc1C. The molecule has 2 atom stereocenters. The summed E-state index contributed by atoms with van der Waals surface area (Å²) >= 11 is 1.30. The normalized spacial score (nSPS) is 13.5. The molecule has 1 aromatic heterocycles. The zero-order chi connectivity index (χ0) is 21.4. The zero-order valence-corrected chi connectivity index (χ0v) is 18.1. The number of carbonyl (C=O) groups is 1. The number of guanidine groups is 1. The summed E-state index contributed by atoms with van der Waals surface area (Å²) in [5.41, 5.74) is 0.645. The van der Waals surface area contributed by atoms with Crippen molar-refractivity contribution in [3.05, 3.63) is 45.7 Å². The molecule has 2 aromatic rings. The van der Waals surface area contributed by atoms with Crippen LogP contribution >= 0.6 is 11.3 Å². The van der Waals surface area contributed by atoms with Gasteiger partial charge in [0.05, 0.1) is 24.9 Å². The predicted octanol–water partition coefficient (Wildman–Crippen LogP) is 3.46. The number of hydrogen-bond donors (Lipinski definition) is 2. The van der Waals surface area contributed by atoms with Gasteiger partial charge in [0.25, 0.3) is 0 Å². The number of halogens is 1. The minimum Gasteiger partial charge on any atom is -0.486 e. The molecule has 0 saturated carbocycles. The van der Waals surface area contributed by atoms with Crippen LogP contribution in [0.25, 0.3) is 0 Å². The van der Waals surface area contributed by atoms with Crippen LogP contribution in [-0.4, -0.2) is 43.2 Å². The molecule has 0 aliphatic heterocycles. The summed E-state index contributed by atoms with van der Waals surface area (Å²) in [4.78, 5) is 21.1. The Balaban J connectivity index is 1.91. The fourth-order valence-electron chi connectivity index (χ4n) is 2.49. The topological polar surface area (TPSA) is 84.8 Å². The molecule has 1 heterocycles. The van der Waals surface area contributed by atoms with Crippen molar-refractivity contribution in [2.24, 2.45) is 4.99 Å². The van der Waals surface area contributed by atoms with Crippen LogP contribution in [0.2, 0.25) is 0 Å². The van der Waals surface area contributed by atoms with E-state index in [1.807, 2.05) is 13.8 Å². The van der Waals surface area contributed by atoms with E-state index in [0.717, 1.165) is 5.01 Å². The molecular weight excluding hydrogens is 395 g/mol. The monoisotopic (exact) mass is 422 g/mol. The van der Waals surface area contributed by atoms with Crippen LogP contribution in [0.3, 0.4) is 0 Å². The van der Waals surface area contributed by atoms with E-state index < -0.39 is 5.82 Å². The van der Waals surface area contributed by atoms with E-state index in [1.54, 1.807) is 39.1 Å². The molecular formula is C20H27FN4O3S. The lowest BCUT2D eigenvalue weighted by atomic mass is 10.3. The fourth-order valence-corrected chi connectivity index (χ4v) is 3.45. The number of aryl methyl sites for hydroxylation is 1. The molecule has 0 aliphatic carbocycles. The smallest absolute Gasteiger partial charge is 0.350 e. The van der Waals surface area contributed by atoms with Gasteiger partial charge in [-0.05, 0) is 39.8 Å². The number of hydrogen-bond acceptors (Lipinski definition) is 6. The van der Waals surface area contributed by atoms with Crippen LogP contribution in [0.15, 0.2) is 29.3 Å². The van der Waals surface area contributed by atoms with Crippen molar-refractivity contribution >= 4 is 23.3 Å². The van der Waals surface area contributed by atoms with Gasteiger partial charge in [0, 0.05) is 7.05 Å². The molecule has 2 unspecified atom stereocenters. The quantitative estimate of drug-likeness (QED) is 0.385. The first-order valence-electron chi connectivity index (χ1n) is 9.38. The highest BCUT2D eigenvalue weighted by Gasteiger charge is 2.20. The number of aliphatic imine (C=N–C) groups is 1. The lowest BCUT2D eigenvalue weighted by molar-refractivity contribution is 0.0531. The lowest BCUT2D eigenvalue weighted by Gasteiger charge is -2.20. The molecule has 0 aliphatic rings. The number of ether oxygens (including phenoxy) is 2. The van der Waals surface area contributed by atoms with Crippen LogP contribution in [0.5, 0.6) is 5.75 Å². The molecule has 2 N–H and O–H groups in total. The van der Waals surface area contributed by atoms with Gasteiger partial charge in [-0.2, -0.15) is 0 Å². The summed E-state index contributed by atoms with van der Waals surface area (Å²) in [5.74, 6) is 0.00416. The Morgan fingerprint density at radius 2 is 2.07 bits per heavy atom. The van der Waals surface area contributed by atoms with Gasteiger partial charge >= 0.3 is 5.97 Å². The summed E-state index contributed by atoms with van der Waals surface area (Å²) < 4.78 is 24.4. The molecule has 0 bridgehead atoms. The van der Waals surface area contributed by atoms with Crippen molar-refractivity contribution in [3.8, 4) is 5.75 Å². The maximum atomic E-state index is 13.7. The Morgan fingerprint density at radius 3 is 2.72 bits per heavy atom. The van der Waals surface area contributed by atoms with Crippen molar-refractivity contribution < 1.29 is 18.7 Å². The van der Waals surface area contributed by atoms with E-state index >= 15 is 0 Å². The van der Waals surface area contributed by atoms with E-state index in [1.165, 1.54) is 17.4 Å². The fraction of sp³-hybridized carbons (Fsp3) is 0.450. The van der Waals surface area contributed by atoms with E-state index in [0.29, 0.717) is 29.7 Å². The summed E-state index contributed by atoms with van der Waals surface area (Å²) in [5, 5.41) is 7.13. The van der Waals surface area contributed by atoms with Crippen molar-refractivity contribution in [3.63, 3.8) is 0 Å². The van der Waals surface area contributed by atoms with E-state index in [9.17, 15) is 9.18 Å². The Hall–Kier alpha value is -2.68. The number of aromatic nitrogens is 1. The first-order valence-corrected chi connectivity index (χ1v) is 10.2. The van der Waals surface area contributed by atoms with Gasteiger partial charge in [0.15, 0.2) is 17.5 Å². The number of carbonyl (C=O) groups excluding carboxylic acids is 1. The molecule has 7 nitrogen and oxygen atoms in total. The second-order valence-electron chi connectivity index (χ2n) is 6.37. The van der Waals surface area contributed by atoms with Gasteiger partial charge in [-0.25, -0.2) is 14.2 Å². The Labute approximate surface area is 174 Å². The number of esters is 1. The second kappa shape index (κ2) is 10.8. The van der Waals surface area contributed by atoms with Crippen LogP contribution < -0.4 is 15.4 Å². The number of rotatable bonds is 8. The molecule has 29 heavy (non-hydrogen) atoms. The first kappa shape index (κ1) is 22.6. The van der Waals surface area contributed by atoms with Gasteiger partial charge in [-0.1, -0.05) is 12.1 Å². The Morgan fingerprint density at radius 1 is 1.34 bits per heavy atom. The molecule has 1 aromatic carbocycles. The van der Waals surface area contributed by atoms with Gasteiger partial charge in [0.1, 0.15) is 16.0 Å². The van der Waals surface area contributed by atoms with E-state index in [2.05, 4.69) is 20.6 Å². The first-order chi connectivity index (χ1) is 13.8. The maximum Gasteiger partial charge on any atom is 0.350 e. The number of nitrogens with one attached hydrogen (secondary N) is 2. The molecule has 0 amide bonds. The Kier molecular flexibility index (Phi) is 8.38. The van der Waals surface area contributed by atoms with Crippen LogP contribution in [0.4, 0.5) is 4.39 Å². The number of para-hydroxylation sites is 1. The average Bonchev–Trinajstić information content (AvgIpc) is 3.09. The highest BCUT2D eigenvalue weighted by atomic mass is 32.1. The molecule has 2 rings (SSSR count). The van der Waals surface area contributed by atoms with Crippen LogP contribution in [-0.2, 0) is 4.74 Å². The summed E-state index contributed by atoms with van der Waals surface area (Å²) in [7, 11) is 1.65. The molecule has 0 radical (unpaired) electrons. The number of thiazole rings is 1. The van der Waals surface area contributed by atoms with Crippen LogP contribution in [0, 0.1) is 12.7 Å². The standard InChI is InChI=1S/C20H27FN4O3S/c1-6-27-19(26)17-13(3)24-18(29-17)14(4)25-20(22-5)23-11-12(2)28-16-10-8-7-9-15(16)21/h7-10,12,14H,6,11H2,1-5H3,(H2,22,23,25). The molecule has 0 saturated heterocycles. The van der Waals surface area contributed by atoms with Gasteiger partial charge in [-0.3, -0.25) is 4.99 Å². The van der Waals surface area contributed by atoms with E-state index in [4.69, 9.17) is 9.47 Å². The molecule has 9 heteroatoms. The van der Waals surface area contributed by atoms with Crippen molar-refractivity contribution in [2.75, 3.05) is 20.2 Å². The molecule has 0 spiro atoms. The number of benzene rings is 1. The third-order valence-corrected chi connectivity index (χ3v) is 5.26. The third-order valence-electron chi connectivity index (χ3n) is 3.94. The predicted molar refractivity (Wildman–Crippen MR) is 112 cm³/mol. The summed E-state index contributed by atoms with van der Waals surface area (Å²) in [6, 6.07) is 6.12. The average molecular weight is 423 g/mol. The van der Waals surface area contributed by atoms with Gasteiger partial charge in [0.2, 0.25) is 0 Å². The second-order valence-corrected chi connectivity index (χ2v) is 7.40. The number of nitrogens with zero attached hydrogens (tertiary/aromatic N) is 2. The summed E-state index contributed by atoms with van der Waals surface area (Å²) in [6.45, 7) is 8.07. The zero-order valence-electron chi connectivity index (χ0n) is 17.3. The van der Waals surface area contributed by atoms with Gasteiger partial charge < -0.3 is 20.1 Å². The van der Waals surface area contributed by atoms with Crippen molar-refractivity contribution in [1.82, 2.24) is 15.6 Å². The summed E-state index contributed by atoms with van der Waals surface area (Å²) in [6.07, 6.45) is -0.279. The maximum absolute atomic E-state index is 13.7. The molecule has 0 fully saturated rings. The Bertz CT molecular complexity index is 856. The van der Waals surface area contributed by atoms with Crippen molar-refractivity contribution in [2.45, 2.75) is 39.8 Å². The molecule has 158 valence electrons. The highest BCUT2D eigenvalue weighted by Crippen LogP contribution is 2.24. The lowest BCUT2D eigenvalue weighted by Crippen LogP contribution is -2.42. The minimum atomic E-state index is -0.396. The van der Waals surface area contributed by atoms with Crippen LogP contribution in [0.1, 0.15) is 47.2 Å². The minimum absolute atomic E-state index is 0.170.